The van der Waals surface area contributed by atoms with Crippen molar-refractivity contribution >= 4 is 46.5 Å². The summed E-state index contributed by atoms with van der Waals surface area (Å²) in [5.74, 6) is 0.978. The molecule has 2 heterocycles. The first-order chi connectivity index (χ1) is 20.7. The lowest BCUT2D eigenvalue weighted by atomic mass is 9.94. The van der Waals surface area contributed by atoms with E-state index in [1.54, 1.807) is 34.8 Å². The van der Waals surface area contributed by atoms with Gasteiger partial charge in [0.15, 0.2) is 16.3 Å². The molecule has 0 bridgehead atoms. The second kappa shape index (κ2) is 13.2. The molecule has 1 atom stereocenters. The molecule has 1 aromatic heterocycles. The van der Waals surface area contributed by atoms with Gasteiger partial charge in [-0.05, 0) is 79.9 Å². The number of allylic oxidation sites excluding steroid dienone is 1. The quantitative estimate of drug-likeness (QED) is 0.226. The molecule has 0 spiro atoms. The predicted octanol–water partition coefficient (Wildman–Crippen LogP) is 6.00. The number of benzene rings is 3. The molecule has 43 heavy (non-hydrogen) atoms. The normalized spacial score (nSPS) is 14.7. The highest BCUT2D eigenvalue weighted by Gasteiger charge is 2.34. The molecule has 7 nitrogen and oxygen atoms in total. The van der Waals surface area contributed by atoms with Crippen molar-refractivity contribution in [2.75, 3.05) is 20.2 Å². The molecule has 0 radical (unpaired) electrons. The summed E-state index contributed by atoms with van der Waals surface area (Å²) in [5.41, 5.74) is 3.36. The predicted molar refractivity (Wildman–Crippen MR) is 172 cm³/mol. The van der Waals surface area contributed by atoms with Crippen LogP contribution >= 0.6 is 34.5 Å². The van der Waals surface area contributed by atoms with Crippen LogP contribution in [0.5, 0.6) is 11.5 Å². The lowest BCUT2D eigenvalue weighted by molar-refractivity contribution is -0.127. The maximum atomic E-state index is 14.0. The summed E-state index contributed by atoms with van der Waals surface area (Å²) >= 11 is 13.5. The van der Waals surface area contributed by atoms with Gasteiger partial charge in [0.25, 0.3) is 11.5 Å². The minimum absolute atomic E-state index is 0.139. The zero-order valence-corrected chi connectivity index (χ0v) is 26.6. The number of nitrogens with zero attached hydrogens (tertiary/aromatic N) is 3. The molecule has 1 aliphatic rings. The Morgan fingerprint density at radius 3 is 2.28 bits per heavy atom. The molecule has 5 rings (SSSR count). The number of carbonyl (C=O) groups is 1. The molecule has 0 saturated heterocycles. The molecule has 222 valence electrons. The minimum Gasteiger partial charge on any atom is -0.493 e. The Morgan fingerprint density at radius 1 is 1.00 bits per heavy atom. The number of methoxy groups -OCH3 is 1. The molecule has 0 unspecified atom stereocenters. The Morgan fingerprint density at radius 2 is 1.65 bits per heavy atom. The van der Waals surface area contributed by atoms with Gasteiger partial charge in [-0.1, -0.05) is 64.9 Å². The second-order valence-corrected chi connectivity index (χ2v) is 11.8. The van der Waals surface area contributed by atoms with Crippen molar-refractivity contribution in [3.63, 3.8) is 0 Å². The van der Waals surface area contributed by atoms with Gasteiger partial charge in [-0.2, -0.15) is 0 Å². The van der Waals surface area contributed by atoms with E-state index in [1.807, 2.05) is 75.4 Å². The largest absolute Gasteiger partial charge is 0.493 e. The first-order valence-corrected chi connectivity index (χ1v) is 15.4. The number of hydrogen-bond acceptors (Lipinski definition) is 6. The van der Waals surface area contributed by atoms with Crippen LogP contribution in [0, 0.1) is 0 Å². The van der Waals surface area contributed by atoms with Crippen molar-refractivity contribution in [1.29, 1.82) is 0 Å². The Kier molecular flexibility index (Phi) is 9.40. The first-order valence-electron chi connectivity index (χ1n) is 13.9. The van der Waals surface area contributed by atoms with E-state index in [-0.39, 0.29) is 11.5 Å². The summed E-state index contributed by atoms with van der Waals surface area (Å²) in [6.07, 6.45) is 1.81. The van der Waals surface area contributed by atoms with Gasteiger partial charge in [0.2, 0.25) is 0 Å². The Bertz CT molecular complexity index is 1860. The molecule has 10 heteroatoms. The van der Waals surface area contributed by atoms with Gasteiger partial charge in [0.05, 0.1) is 29.0 Å². The lowest BCUT2D eigenvalue weighted by Gasteiger charge is -2.29. The molecule has 1 aliphatic heterocycles. The zero-order valence-electron chi connectivity index (χ0n) is 24.3. The standard InChI is InChI=1S/C33H31Cl2N3O4S/c1-5-37(6-2)32(40)29-20(3)36-33-38(30(29)23-10-14-25(35)15-11-23)31(39)28(43-33)18-22-9-16-26(27(17-22)41-4)42-19-21-7-12-24(34)13-8-21/h7-18,30H,5-6,19H2,1-4H3/b28-18+/t30-/m0/s1. The van der Waals surface area contributed by atoms with Gasteiger partial charge < -0.3 is 14.4 Å². The SMILES string of the molecule is CCN(CC)C(=O)C1=C(C)N=c2s/c(=C/c3ccc(OCc4ccc(Cl)cc4)c(OC)c3)c(=O)n2[C@H]1c1ccc(Cl)cc1. The molecule has 0 aliphatic carbocycles. The van der Waals surface area contributed by atoms with Gasteiger partial charge in [-0.15, -0.1) is 0 Å². The fourth-order valence-corrected chi connectivity index (χ4v) is 6.32. The lowest BCUT2D eigenvalue weighted by Crippen LogP contribution is -2.43. The van der Waals surface area contributed by atoms with E-state index in [1.165, 1.54) is 11.3 Å². The van der Waals surface area contributed by atoms with Crippen molar-refractivity contribution in [3.8, 4) is 11.5 Å². The van der Waals surface area contributed by atoms with Gasteiger partial charge in [-0.25, -0.2) is 4.99 Å². The number of likely N-dealkylation sites (N-methyl/N-ethyl adjacent to an activating group) is 1. The van der Waals surface area contributed by atoms with Gasteiger partial charge in [0, 0.05) is 23.1 Å². The average Bonchev–Trinajstić information content (AvgIpc) is 3.31. The molecule has 0 saturated carbocycles. The van der Waals surface area contributed by atoms with Gasteiger partial charge in [0.1, 0.15) is 6.61 Å². The van der Waals surface area contributed by atoms with Crippen LogP contribution in [0.4, 0.5) is 0 Å². The Balaban J connectivity index is 1.55. The van der Waals surface area contributed by atoms with Crippen molar-refractivity contribution in [2.24, 2.45) is 4.99 Å². The van der Waals surface area contributed by atoms with Crippen LogP contribution in [0.2, 0.25) is 10.0 Å². The highest BCUT2D eigenvalue weighted by atomic mass is 35.5. The molecular weight excluding hydrogens is 605 g/mol. The van der Waals surface area contributed by atoms with E-state index in [2.05, 4.69) is 0 Å². The highest BCUT2D eigenvalue weighted by Crippen LogP contribution is 2.32. The van der Waals surface area contributed by atoms with Crippen LogP contribution in [-0.4, -0.2) is 35.6 Å². The number of aromatic nitrogens is 1. The molecule has 1 amide bonds. The van der Waals surface area contributed by atoms with Crippen LogP contribution in [0.3, 0.4) is 0 Å². The Hall–Kier alpha value is -3.85. The summed E-state index contributed by atoms with van der Waals surface area (Å²) in [7, 11) is 1.57. The van der Waals surface area contributed by atoms with Crippen molar-refractivity contribution < 1.29 is 14.3 Å². The number of thiazole rings is 1. The molecule has 3 aromatic carbocycles. The van der Waals surface area contributed by atoms with Crippen molar-refractivity contribution in [1.82, 2.24) is 9.47 Å². The maximum absolute atomic E-state index is 14.0. The molecule has 0 fully saturated rings. The average molecular weight is 637 g/mol. The summed E-state index contributed by atoms with van der Waals surface area (Å²) in [4.78, 5) is 34.7. The summed E-state index contributed by atoms with van der Waals surface area (Å²) < 4.78 is 13.7. The second-order valence-electron chi connectivity index (χ2n) is 9.94. The topological polar surface area (TPSA) is 73.1 Å². The smallest absolute Gasteiger partial charge is 0.271 e. The van der Waals surface area contributed by atoms with Crippen LogP contribution < -0.4 is 24.4 Å². The van der Waals surface area contributed by atoms with Crippen LogP contribution in [0.25, 0.3) is 6.08 Å². The van der Waals surface area contributed by atoms with E-state index in [9.17, 15) is 9.59 Å². The third kappa shape index (κ3) is 6.42. The van der Waals surface area contributed by atoms with Crippen LogP contribution in [0.15, 0.2) is 87.8 Å². The van der Waals surface area contributed by atoms with E-state index in [0.717, 1.165) is 16.7 Å². The molecule has 4 aromatic rings. The molecular formula is C33H31Cl2N3O4S. The van der Waals surface area contributed by atoms with Crippen molar-refractivity contribution in [3.05, 3.63) is 124 Å². The van der Waals surface area contributed by atoms with E-state index in [4.69, 9.17) is 37.7 Å². The number of carbonyl (C=O) groups excluding carboxylic acids is 1. The van der Waals surface area contributed by atoms with Gasteiger partial charge in [-0.3, -0.25) is 14.2 Å². The van der Waals surface area contributed by atoms with Crippen LogP contribution in [0.1, 0.15) is 43.5 Å². The fraction of sp³-hybridized carbons (Fsp3) is 0.242. The van der Waals surface area contributed by atoms with E-state index < -0.39 is 6.04 Å². The van der Waals surface area contributed by atoms with Crippen molar-refractivity contribution in [2.45, 2.75) is 33.4 Å². The summed E-state index contributed by atoms with van der Waals surface area (Å²) in [6, 6.07) is 19.6. The summed E-state index contributed by atoms with van der Waals surface area (Å²) in [6.45, 7) is 7.14. The van der Waals surface area contributed by atoms with Crippen LogP contribution in [-0.2, 0) is 11.4 Å². The maximum Gasteiger partial charge on any atom is 0.271 e. The number of amides is 1. The summed E-state index contributed by atoms with van der Waals surface area (Å²) in [5, 5.41) is 1.24. The monoisotopic (exact) mass is 635 g/mol. The Labute approximate surface area is 263 Å². The van der Waals surface area contributed by atoms with E-state index >= 15 is 0 Å². The third-order valence-corrected chi connectivity index (χ3v) is 8.77. The van der Waals surface area contributed by atoms with E-state index in [0.29, 0.717) is 61.8 Å². The highest BCUT2D eigenvalue weighted by molar-refractivity contribution is 7.07. The number of hydrogen-bond donors (Lipinski definition) is 0. The molecule has 0 N–H and O–H groups in total. The number of rotatable bonds is 9. The number of ether oxygens (including phenoxy) is 2. The fourth-order valence-electron chi connectivity index (χ4n) is 5.02. The number of halogens is 2. The zero-order chi connectivity index (χ0) is 30.7. The third-order valence-electron chi connectivity index (χ3n) is 7.28. The first kappa shape index (κ1) is 30.6. The van der Waals surface area contributed by atoms with Gasteiger partial charge >= 0.3 is 0 Å². The minimum atomic E-state index is -0.637. The number of fused-ring (bicyclic) bond motifs is 1.